The molecule has 0 aliphatic carbocycles. The molecule has 0 aliphatic heterocycles. The Morgan fingerprint density at radius 1 is 1.28 bits per heavy atom. The standard InChI is InChI=1S/C19H13F3N4OS2/c1-11-4-2-6-16(24-11)26-17(27)10-29-18-12(9-23)13(19(20,21)22)8-14(25-18)15-5-3-7-28-15/h2-8H,10H2,1H3,(H,24,26,27). The quantitative estimate of drug-likeness (QED) is 0.563. The Kier molecular flexibility index (Phi) is 6.20. The molecule has 0 radical (unpaired) electrons. The van der Waals surface area contributed by atoms with Crippen molar-refractivity contribution in [2.45, 2.75) is 18.1 Å². The number of aromatic nitrogens is 2. The fraction of sp³-hybridized carbons (Fsp3) is 0.158. The Morgan fingerprint density at radius 2 is 2.07 bits per heavy atom. The van der Waals surface area contributed by atoms with Gasteiger partial charge < -0.3 is 5.32 Å². The van der Waals surface area contributed by atoms with E-state index >= 15 is 0 Å². The number of hydrogen-bond acceptors (Lipinski definition) is 6. The summed E-state index contributed by atoms with van der Waals surface area (Å²) in [6.45, 7) is 1.77. The van der Waals surface area contributed by atoms with Gasteiger partial charge in [0.2, 0.25) is 5.91 Å². The second-order valence-electron chi connectivity index (χ2n) is 5.82. The Morgan fingerprint density at radius 3 is 2.69 bits per heavy atom. The van der Waals surface area contributed by atoms with Crippen LogP contribution in [0.15, 0.2) is 46.8 Å². The minimum atomic E-state index is -4.72. The number of alkyl halides is 3. The van der Waals surface area contributed by atoms with Crippen molar-refractivity contribution in [3.05, 3.63) is 58.6 Å². The van der Waals surface area contributed by atoms with Crippen molar-refractivity contribution < 1.29 is 18.0 Å². The number of nitrogens with zero attached hydrogens (tertiary/aromatic N) is 3. The summed E-state index contributed by atoms with van der Waals surface area (Å²) in [6.07, 6.45) is -4.72. The number of pyridine rings is 2. The smallest absolute Gasteiger partial charge is 0.310 e. The van der Waals surface area contributed by atoms with E-state index in [1.165, 1.54) is 11.3 Å². The number of aryl methyl sites for hydroxylation is 1. The number of amides is 1. The van der Waals surface area contributed by atoms with Gasteiger partial charge in [0.05, 0.1) is 27.5 Å². The second-order valence-corrected chi connectivity index (χ2v) is 7.73. The van der Waals surface area contributed by atoms with Crippen molar-refractivity contribution >= 4 is 34.8 Å². The lowest BCUT2D eigenvalue weighted by atomic mass is 10.1. The van der Waals surface area contributed by atoms with Crippen LogP contribution < -0.4 is 5.32 Å². The van der Waals surface area contributed by atoms with Crippen LogP contribution in [0.2, 0.25) is 0 Å². The van der Waals surface area contributed by atoms with Crippen molar-refractivity contribution in [1.82, 2.24) is 9.97 Å². The number of hydrogen-bond donors (Lipinski definition) is 1. The van der Waals surface area contributed by atoms with Gasteiger partial charge in [-0.3, -0.25) is 4.79 Å². The molecule has 5 nitrogen and oxygen atoms in total. The normalized spacial score (nSPS) is 11.1. The molecule has 0 bridgehead atoms. The van der Waals surface area contributed by atoms with Gasteiger partial charge in [-0.25, -0.2) is 9.97 Å². The zero-order chi connectivity index (χ0) is 21.0. The zero-order valence-corrected chi connectivity index (χ0v) is 16.6. The van der Waals surface area contributed by atoms with Crippen LogP contribution >= 0.6 is 23.1 Å². The highest BCUT2D eigenvalue weighted by atomic mass is 32.2. The second kappa shape index (κ2) is 8.63. The third kappa shape index (κ3) is 5.13. The molecule has 3 heterocycles. The van der Waals surface area contributed by atoms with Crippen LogP contribution in [0.1, 0.15) is 16.8 Å². The third-order valence-electron chi connectivity index (χ3n) is 3.67. The van der Waals surface area contributed by atoms with Gasteiger partial charge in [0.1, 0.15) is 16.9 Å². The molecule has 148 valence electrons. The monoisotopic (exact) mass is 434 g/mol. The molecular formula is C19H13F3N4OS2. The SMILES string of the molecule is Cc1cccc(NC(=O)CSc2nc(-c3cccs3)cc(C(F)(F)F)c2C#N)n1. The number of carbonyl (C=O) groups is 1. The summed E-state index contributed by atoms with van der Waals surface area (Å²) in [6, 6.07) is 10.9. The number of halogens is 3. The lowest BCUT2D eigenvalue weighted by Crippen LogP contribution is -2.16. The Balaban J connectivity index is 1.88. The Hall–Kier alpha value is -2.90. The first-order valence-corrected chi connectivity index (χ1v) is 10.1. The molecule has 0 atom stereocenters. The van der Waals surface area contributed by atoms with Gasteiger partial charge in [0, 0.05) is 5.69 Å². The highest BCUT2D eigenvalue weighted by Crippen LogP contribution is 2.38. The van der Waals surface area contributed by atoms with Crippen LogP contribution in [0.25, 0.3) is 10.6 Å². The molecule has 0 fully saturated rings. The molecule has 0 unspecified atom stereocenters. The predicted octanol–water partition coefficient (Wildman–Crippen LogP) is 5.13. The third-order valence-corrected chi connectivity index (χ3v) is 5.54. The molecule has 0 spiro atoms. The molecule has 3 rings (SSSR count). The average molecular weight is 434 g/mol. The van der Waals surface area contributed by atoms with E-state index in [0.29, 0.717) is 16.4 Å². The fourth-order valence-corrected chi connectivity index (χ4v) is 3.92. The number of carbonyl (C=O) groups excluding carboxylic acids is 1. The summed E-state index contributed by atoms with van der Waals surface area (Å²) in [5.74, 6) is -0.344. The molecule has 0 saturated heterocycles. The maximum Gasteiger partial charge on any atom is 0.417 e. The highest BCUT2D eigenvalue weighted by molar-refractivity contribution is 8.00. The lowest BCUT2D eigenvalue weighted by molar-refractivity contribution is -0.138. The average Bonchev–Trinajstić information content (AvgIpc) is 3.19. The van der Waals surface area contributed by atoms with Gasteiger partial charge in [0.15, 0.2) is 0 Å². The van der Waals surface area contributed by atoms with Crippen molar-refractivity contribution in [2.75, 3.05) is 11.1 Å². The van der Waals surface area contributed by atoms with Crippen LogP contribution in [-0.2, 0) is 11.0 Å². The van der Waals surface area contributed by atoms with Crippen LogP contribution in [0.3, 0.4) is 0 Å². The van der Waals surface area contributed by atoms with E-state index < -0.39 is 23.2 Å². The van der Waals surface area contributed by atoms with Crippen LogP contribution in [0.4, 0.5) is 19.0 Å². The van der Waals surface area contributed by atoms with Crippen molar-refractivity contribution in [3.63, 3.8) is 0 Å². The Labute approximate surface area is 172 Å². The first kappa shape index (κ1) is 20.8. The summed E-state index contributed by atoms with van der Waals surface area (Å²) < 4.78 is 40.5. The van der Waals surface area contributed by atoms with Gasteiger partial charge >= 0.3 is 6.18 Å². The highest BCUT2D eigenvalue weighted by Gasteiger charge is 2.36. The van der Waals surface area contributed by atoms with E-state index in [2.05, 4.69) is 15.3 Å². The van der Waals surface area contributed by atoms with E-state index in [-0.39, 0.29) is 16.5 Å². The van der Waals surface area contributed by atoms with E-state index in [9.17, 15) is 23.2 Å². The molecule has 29 heavy (non-hydrogen) atoms. The van der Waals surface area contributed by atoms with Gasteiger partial charge in [0.25, 0.3) is 0 Å². The molecule has 10 heteroatoms. The van der Waals surface area contributed by atoms with E-state index in [0.717, 1.165) is 17.8 Å². The van der Waals surface area contributed by atoms with Crippen LogP contribution in [0, 0.1) is 18.3 Å². The number of nitrogens with one attached hydrogen (secondary N) is 1. The number of nitriles is 1. The molecule has 1 amide bonds. The molecule has 1 N–H and O–H groups in total. The van der Waals surface area contributed by atoms with Crippen molar-refractivity contribution in [3.8, 4) is 16.6 Å². The van der Waals surface area contributed by atoms with Gasteiger partial charge in [-0.2, -0.15) is 18.4 Å². The fourth-order valence-electron chi connectivity index (χ4n) is 2.43. The first-order valence-electron chi connectivity index (χ1n) is 8.20. The van der Waals surface area contributed by atoms with Gasteiger partial charge in [-0.05, 0) is 36.6 Å². The number of rotatable bonds is 5. The largest absolute Gasteiger partial charge is 0.417 e. The topological polar surface area (TPSA) is 78.7 Å². The number of anilines is 1. The summed E-state index contributed by atoms with van der Waals surface area (Å²) in [5, 5.41) is 13.5. The predicted molar refractivity (Wildman–Crippen MR) is 106 cm³/mol. The maximum absolute atomic E-state index is 13.5. The van der Waals surface area contributed by atoms with Crippen LogP contribution in [0.5, 0.6) is 0 Å². The molecule has 3 aromatic heterocycles. The van der Waals surface area contributed by atoms with Crippen molar-refractivity contribution in [1.29, 1.82) is 5.26 Å². The molecular weight excluding hydrogens is 421 g/mol. The van der Waals surface area contributed by atoms with Gasteiger partial charge in [-0.1, -0.05) is 23.9 Å². The Bertz CT molecular complexity index is 1080. The van der Waals surface area contributed by atoms with E-state index in [4.69, 9.17) is 0 Å². The first-order chi connectivity index (χ1) is 13.8. The molecule has 0 saturated carbocycles. The minimum Gasteiger partial charge on any atom is -0.310 e. The molecule has 0 aromatic carbocycles. The van der Waals surface area contributed by atoms with Crippen LogP contribution in [-0.4, -0.2) is 21.6 Å². The lowest BCUT2D eigenvalue weighted by Gasteiger charge is -2.13. The summed E-state index contributed by atoms with van der Waals surface area (Å²) in [5.41, 5.74) is -0.845. The maximum atomic E-state index is 13.5. The van der Waals surface area contributed by atoms with Crippen molar-refractivity contribution in [2.24, 2.45) is 0 Å². The number of thiophene rings is 1. The number of thioether (sulfide) groups is 1. The summed E-state index contributed by atoms with van der Waals surface area (Å²) in [7, 11) is 0. The van der Waals surface area contributed by atoms with E-state index in [1.807, 2.05) is 0 Å². The van der Waals surface area contributed by atoms with E-state index in [1.54, 1.807) is 48.7 Å². The summed E-state index contributed by atoms with van der Waals surface area (Å²) in [4.78, 5) is 21.1. The minimum absolute atomic E-state index is 0.106. The summed E-state index contributed by atoms with van der Waals surface area (Å²) >= 11 is 2.01. The van der Waals surface area contributed by atoms with Gasteiger partial charge in [-0.15, -0.1) is 11.3 Å². The molecule has 3 aromatic rings. The molecule has 0 aliphatic rings. The zero-order valence-electron chi connectivity index (χ0n) is 14.9.